The number of nitrogens with one attached hydrogen (secondary N) is 1. The van der Waals surface area contributed by atoms with Crippen molar-refractivity contribution in [2.75, 3.05) is 17.7 Å². The molecule has 21 heavy (non-hydrogen) atoms. The lowest BCUT2D eigenvalue weighted by Crippen LogP contribution is -2.34. The molecule has 0 aliphatic carbocycles. The number of fused-ring (bicyclic) bond motifs is 1. The summed E-state index contributed by atoms with van der Waals surface area (Å²) in [6.45, 7) is -0.0358. The van der Waals surface area contributed by atoms with Gasteiger partial charge in [0.15, 0.2) is 16.4 Å². The largest absolute Gasteiger partial charge is 0.482 e. The Kier molecular flexibility index (Phi) is 3.62. The second-order valence-corrected chi connectivity index (χ2v) is 7.78. The van der Waals surface area contributed by atoms with E-state index in [1.165, 1.54) is 0 Å². The molecule has 0 saturated carbocycles. The third-order valence-electron chi connectivity index (χ3n) is 3.96. The van der Waals surface area contributed by atoms with E-state index in [1.807, 2.05) is 0 Å². The Morgan fingerprint density at radius 1 is 1.33 bits per heavy atom. The Morgan fingerprint density at radius 2 is 2.14 bits per heavy atom. The second kappa shape index (κ2) is 5.31. The van der Waals surface area contributed by atoms with Crippen LogP contribution in [-0.4, -0.2) is 37.0 Å². The van der Waals surface area contributed by atoms with Crippen LogP contribution in [0.25, 0.3) is 0 Å². The lowest BCUT2D eigenvalue weighted by atomic mass is 10.0. The average Bonchev–Trinajstić information content (AvgIpc) is 2.45. The number of carbonyl (C=O) groups is 1. The van der Waals surface area contributed by atoms with Gasteiger partial charge in [-0.3, -0.25) is 4.79 Å². The molecular weight excluding hydrogens is 294 g/mol. The van der Waals surface area contributed by atoms with Gasteiger partial charge in [0.25, 0.3) is 5.91 Å². The van der Waals surface area contributed by atoms with E-state index in [4.69, 9.17) is 4.74 Å². The van der Waals surface area contributed by atoms with Gasteiger partial charge < -0.3 is 15.2 Å². The number of hydrogen-bond acceptors (Lipinski definition) is 5. The molecule has 0 radical (unpaired) electrons. The molecule has 0 bridgehead atoms. The Balaban J connectivity index is 1.89. The summed E-state index contributed by atoms with van der Waals surface area (Å²) < 4.78 is 29.4. The lowest BCUT2D eigenvalue weighted by Gasteiger charge is -2.27. The molecule has 1 saturated heterocycles. The SMILES string of the molecule is O=C1COc2ccc(C(O)C3CCCCS3(=O)=O)cc2N1. The maximum Gasteiger partial charge on any atom is 0.262 e. The van der Waals surface area contributed by atoms with Crippen molar-refractivity contribution in [1.29, 1.82) is 0 Å². The molecule has 3 rings (SSSR count). The molecule has 2 aliphatic heterocycles. The van der Waals surface area contributed by atoms with Gasteiger partial charge in [0.1, 0.15) is 5.75 Å². The van der Waals surface area contributed by atoms with Crippen molar-refractivity contribution < 1.29 is 23.1 Å². The third-order valence-corrected chi connectivity index (χ3v) is 6.23. The fourth-order valence-corrected chi connectivity index (χ4v) is 4.82. The van der Waals surface area contributed by atoms with E-state index in [0.29, 0.717) is 29.8 Å². The number of hydrogen-bond donors (Lipinski definition) is 2. The van der Waals surface area contributed by atoms with Gasteiger partial charge in [-0.1, -0.05) is 12.5 Å². The van der Waals surface area contributed by atoms with Gasteiger partial charge in [0, 0.05) is 0 Å². The zero-order valence-corrected chi connectivity index (χ0v) is 12.2. The van der Waals surface area contributed by atoms with Crippen LogP contribution >= 0.6 is 0 Å². The van der Waals surface area contributed by atoms with Crippen LogP contribution in [0.5, 0.6) is 5.75 Å². The van der Waals surface area contributed by atoms with E-state index in [-0.39, 0.29) is 18.3 Å². The molecule has 1 fully saturated rings. The highest BCUT2D eigenvalue weighted by Crippen LogP contribution is 2.35. The summed E-state index contributed by atoms with van der Waals surface area (Å²) >= 11 is 0. The van der Waals surface area contributed by atoms with Crippen molar-refractivity contribution in [3.8, 4) is 5.75 Å². The molecule has 6 nitrogen and oxygen atoms in total. The van der Waals surface area contributed by atoms with Crippen molar-refractivity contribution in [2.45, 2.75) is 30.6 Å². The number of carbonyl (C=O) groups excluding carboxylic acids is 1. The molecule has 2 unspecified atom stereocenters. The summed E-state index contributed by atoms with van der Waals surface area (Å²) in [6.07, 6.45) is 0.828. The molecule has 1 amide bonds. The molecule has 2 aliphatic rings. The van der Waals surface area contributed by atoms with Gasteiger partial charge in [0.05, 0.1) is 22.8 Å². The van der Waals surface area contributed by atoms with Crippen LogP contribution in [-0.2, 0) is 14.6 Å². The number of anilines is 1. The molecule has 2 heterocycles. The van der Waals surface area contributed by atoms with E-state index >= 15 is 0 Å². The minimum atomic E-state index is -3.27. The lowest BCUT2D eigenvalue weighted by molar-refractivity contribution is -0.118. The van der Waals surface area contributed by atoms with Crippen molar-refractivity contribution >= 4 is 21.4 Å². The maximum atomic E-state index is 12.1. The number of ether oxygens (including phenoxy) is 1. The fraction of sp³-hybridized carbons (Fsp3) is 0.500. The van der Waals surface area contributed by atoms with Crippen LogP contribution in [0.4, 0.5) is 5.69 Å². The molecule has 2 N–H and O–H groups in total. The number of rotatable bonds is 2. The first-order valence-corrected chi connectivity index (χ1v) is 8.65. The molecular formula is C14H17NO5S. The van der Waals surface area contributed by atoms with Gasteiger partial charge >= 0.3 is 0 Å². The van der Waals surface area contributed by atoms with Crippen LogP contribution in [0.2, 0.25) is 0 Å². The van der Waals surface area contributed by atoms with Crippen LogP contribution in [0.1, 0.15) is 30.9 Å². The van der Waals surface area contributed by atoms with E-state index in [1.54, 1.807) is 18.2 Å². The molecule has 1 aromatic carbocycles. The van der Waals surface area contributed by atoms with Crippen molar-refractivity contribution in [3.63, 3.8) is 0 Å². The van der Waals surface area contributed by atoms with Crippen LogP contribution < -0.4 is 10.1 Å². The van der Waals surface area contributed by atoms with Gasteiger partial charge in [-0.05, 0) is 30.5 Å². The predicted molar refractivity (Wildman–Crippen MR) is 77.0 cm³/mol. The van der Waals surface area contributed by atoms with Crippen molar-refractivity contribution in [3.05, 3.63) is 23.8 Å². The first kappa shape index (κ1) is 14.3. The quantitative estimate of drug-likeness (QED) is 0.850. The molecule has 7 heteroatoms. The first-order valence-electron chi connectivity index (χ1n) is 6.93. The molecule has 2 atom stereocenters. The molecule has 1 aromatic rings. The number of aliphatic hydroxyl groups is 1. The standard InChI is InChI=1S/C14H17NO5S/c16-13-8-20-11-5-4-9(7-10(11)15-13)14(17)12-3-1-2-6-21(12,18)19/h4-5,7,12,14,17H,1-3,6,8H2,(H,15,16). The Labute approximate surface area is 123 Å². The Bertz CT molecular complexity index is 670. The molecule has 0 spiro atoms. The number of sulfone groups is 1. The highest BCUT2D eigenvalue weighted by atomic mass is 32.2. The molecule has 0 aromatic heterocycles. The van der Waals surface area contributed by atoms with Crippen molar-refractivity contribution in [1.82, 2.24) is 0 Å². The smallest absolute Gasteiger partial charge is 0.262 e. The third kappa shape index (κ3) is 2.75. The monoisotopic (exact) mass is 311 g/mol. The topological polar surface area (TPSA) is 92.7 Å². The Morgan fingerprint density at radius 3 is 2.90 bits per heavy atom. The minimum absolute atomic E-state index is 0.0358. The van der Waals surface area contributed by atoms with Gasteiger partial charge in [-0.25, -0.2) is 8.42 Å². The van der Waals surface area contributed by atoms with E-state index < -0.39 is 21.2 Å². The van der Waals surface area contributed by atoms with E-state index in [2.05, 4.69) is 5.32 Å². The summed E-state index contributed by atoms with van der Waals surface area (Å²) in [5.41, 5.74) is 0.950. The van der Waals surface area contributed by atoms with Crippen molar-refractivity contribution in [2.24, 2.45) is 0 Å². The number of amides is 1. The van der Waals surface area contributed by atoms with E-state index in [0.717, 1.165) is 6.42 Å². The van der Waals surface area contributed by atoms with Gasteiger partial charge in [-0.15, -0.1) is 0 Å². The minimum Gasteiger partial charge on any atom is -0.482 e. The fourth-order valence-electron chi connectivity index (χ4n) is 2.83. The van der Waals surface area contributed by atoms with Crippen LogP contribution in [0, 0.1) is 0 Å². The summed E-state index contributed by atoms with van der Waals surface area (Å²) in [4.78, 5) is 11.3. The number of benzene rings is 1. The predicted octanol–water partition coefficient (Wildman–Crippen LogP) is 1.02. The van der Waals surface area contributed by atoms with Crippen LogP contribution in [0.15, 0.2) is 18.2 Å². The number of aliphatic hydroxyl groups excluding tert-OH is 1. The average molecular weight is 311 g/mol. The summed E-state index contributed by atoms with van der Waals surface area (Å²) in [5.74, 6) is 0.385. The first-order chi connectivity index (χ1) is 9.97. The maximum absolute atomic E-state index is 12.1. The summed E-state index contributed by atoms with van der Waals surface area (Å²) in [6, 6.07) is 4.87. The second-order valence-electron chi connectivity index (χ2n) is 5.44. The van der Waals surface area contributed by atoms with Crippen LogP contribution in [0.3, 0.4) is 0 Å². The highest BCUT2D eigenvalue weighted by Gasteiger charge is 2.35. The van der Waals surface area contributed by atoms with E-state index in [9.17, 15) is 18.3 Å². The Hall–Kier alpha value is -1.60. The zero-order chi connectivity index (χ0) is 15.0. The van der Waals surface area contributed by atoms with Gasteiger partial charge in [0.2, 0.25) is 0 Å². The summed E-state index contributed by atoms with van der Waals surface area (Å²) in [7, 11) is -3.27. The summed E-state index contributed by atoms with van der Waals surface area (Å²) in [5, 5.41) is 12.3. The van der Waals surface area contributed by atoms with Gasteiger partial charge in [-0.2, -0.15) is 0 Å². The highest BCUT2D eigenvalue weighted by molar-refractivity contribution is 7.92. The normalized spacial score (nSPS) is 25.4. The zero-order valence-electron chi connectivity index (χ0n) is 11.4. The molecule has 114 valence electrons.